The Morgan fingerprint density at radius 2 is 2.09 bits per heavy atom. The fourth-order valence-corrected chi connectivity index (χ4v) is 2.49. The molecule has 1 N–H and O–H groups in total. The van der Waals surface area contributed by atoms with Crippen molar-refractivity contribution in [2.45, 2.75) is 25.5 Å². The van der Waals surface area contributed by atoms with Gasteiger partial charge in [-0.25, -0.2) is 4.68 Å². The zero-order chi connectivity index (χ0) is 15.6. The summed E-state index contributed by atoms with van der Waals surface area (Å²) in [6, 6.07) is 7.81. The standard InChI is InChI=1S/C17H19N3O2/c1-17(21,14-5-3-4-6-14)16-12-20(19-18-16)11-13-7-9-15(22-2)10-8-13/h3-5,7-10,12,21H,6,11H2,1-2H3. The van der Waals surface area contributed by atoms with Gasteiger partial charge in [-0.1, -0.05) is 35.6 Å². The van der Waals surface area contributed by atoms with Crippen LogP contribution in [0.15, 0.2) is 54.3 Å². The van der Waals surface area contributed by atoms with Gasteiger partial charge < -0.3 is 9.84 Å². The Morgan fingerprint density at radius 1 is 1.32 bits per heavy atom. The van der Waals surface area contributed by atoms with E-state index in [0.29, 0.717) is 12.2 Å². The number of hydrogen-bond donors (Lipinski definition) is 1. The number of rotatable bonds is 5. The normalized spacial score (nSPS) is 16.4. The van der Waals surface area contributed by atoms with Crippen LogP contribution < -0.4 is 4.74 Å². The molecule has 2 aromatic rings. The third-order valence-corrected chi connectivity index (χ3v) is 3.94. The summed E-state index contributed by atoms with van der Waals surface area (Å²) in [6.45, 7) is 2.36. The third kappa shape index (κ3) is 2.80. The van der Waals surface area contributed by atoms with Crippen molar-refractivity contribution in [3.63, 3.8) is 0 Å². The Labute approximate surface area is 129 Å². The van der Waals surface area contributed by atoms with Gasteiger partial charge in [0.1, 0.15) is 17.0 Å². The molecule has 0 spiro atoms. The molecule has 114 valence electrons. The van der Waals surface area contributed by atoms with E-state index in [2.05, 4.69) is 10.3 Å². The topological polar surface area (TPSA) is 60.2 Å². The number of ether oxygens (including phenoxy) is 1. The first-order valence-electron chi connectivity index (χ1n) is 7.21. The highest BCUT2D eigenvalue weighted by Crippen LogP contribution is 2.32. The molecule has 0 saturated heterocycles. The monoisotopic (exact) mass is 297 g/mol. The second kappa shape index (κ2) is 5.77. The first kappa shape index (κ1) is 14.5. The number of benzene rings is 1. The Balaban J connectivity index is 1.75. The lowest BCUT2D eigenvalue weighted by Gasteiger charge is -2.22. The molecule has 0 radical (unpaired) electrons. The van der Waals surface area contributed by atoms with Crippen LogP contribution in [0.5, 0.6) is 5.75 Å². The maximum atomic E-state index is 10.7. The maximum absolute atomic E-state index is 10.7. The molecule has 0 saturated carbocycles. The quantitative estimate of drug-likeness (QED) is 0.921. The predicted molar refractivity (Wildman–Crippen MR) is 83.5 cm³/mol. The molecule has 22 heavy (non-hydrogen) atoms. The van der Waals surface area contributed by atoms with Crippen LogP contribution in [-0.2, 0) is 12.1 Å². The zero-order valence-electron chi connectivity index (χ0n) is 12.7. The average molecular weight is 297 g/mol. The van der Waals surface area contributed by atoms with Gasteiger partial charge in [-0.05, 0) is 36.6 Å². The van der Waals surface area contributed by atoms with Crippen LogP contribution >= 0.6 is 0 Å². The summed E-state index contributed by atoms with van der Waals surface area (Å²) in [5.74, 6) is 0.826. The highest BCUT2D eigenvalue weighted by molar-refractivity contribution is 5.34. The van der Waals surface area contributed by atoms with Crippen molar-refractivity contribution >= 4 is 0 Å². The van der Waals surface area contributed by atoms with Crippen molar-refractivity contribution in [1.29, 1.82) is 0 Å². The molecular formula is C17H19N3O2. The fraction of sp³-hybridized carbons (Fsp3) is 0.294. The molecule has 1 aromatic heterocycles. The van der Waals surface area contributed by atoms with Gasteiger partial charge in [-0.3, -0.25) is 0 Å². The molecule has 0 fully saturated rings. The number of nitrogens with zero attached hydrogens (tertiary/aromatic N) is 3. The van der Waals surface area contributed by atoms with Crippen LogP contribution in [-0.4, -0.2) is 27.2 Å². The summed E-state index contributed by atoms with van der Waals surface area (Å²) >= 11 is 0. The van der Waals surface area contributed by atoms with E-state index in [1.54, 1.807) is 24.9 Å². The van der Waals surface area contributed by atoms with Crippen LogP contribution in [0.1, 0.15) is 24.6 Å². The van der Waals surface area contributed by atoms with E-state index >= 15 is 0 Å². The van der Waals surface area contributed by atoms with Crippen LogP contribution in [0.2, 0.25) is 0 Å². The van der Waals surface area contributed by atoms with Gasteiger partial charge >= 0.3 is 0 Å². The number of aromatic nitrogens is 3. The van der Waals surface area contributed by atoms with E-state index in [0.717, 1.165) is 23.3 Å². The van der Waals surface area contributed by atoms with Crippen LogP contribution in [0.4, 0.5) is 0 Å². The zero-order valence-corrected chi connectivity index (χ0v) is 12.7. The van der Waals surface area contributed by atoms with Crippen LogP contribution in [0.3, 0.4) is 0 Å². The van der Waals surface area contributed by atoms with Gasteiger partial charge in [0.25, 0.3) is 0 Å². The van der Waals surface area contributed by atoms with Crippen molar-refractivity contribution in [3.05, 3.63) is 65.5 Å². The highest BCUT2D eigenvalue weighted by Gasteiger charge is 2.31. The summed E-state index contributed by atoms with van der Waals surface area (Å²) in [5.41, 5.74) is 1.51. The first-order chi connectivity index (χ1) is 10.6. The molecule has 3 rings (SSSR count). The van der Waals surface area contributed by atoms with Crippen LogP contribution in [0.25, 0.3) is 0 Å². The van der Waals surface area contributed by atoms with Crippen molar-refractivity contribution in [2.24, 2.45) is 0 Å². The summed E-state index contributed by atoms with van der Waals surface area (Å²) < 4.78 is 6.88. The van der Waals surface area contributed by atoms with E-state index in [4.69, 9.17) is 4.74 Å². The SMILES string of the molecule is COc1ccc(Cn2cc(C(C)(O)C3=CC=CC3)nn2)cc1. The van der Waals surface area contributed by atoms with E-state index in [9.17, 15) is 5.11 Å². The lowest BCUT2D eigenvalue weighted by molar-refractivity contribution is 0.0909. The van der Waals surface area contributed by atoms with E-state index in [-0.39, 0.29) is 0 Å². The minimum Gasteiger partial charge on any atom is -0.497 e. The predicted octanol–water partition coefficient (Wildman–Crippen LogP) is 2.43. The molecule has 0 bridgehead atoms. The second-order valence-electron chi connectivity index (χ2n) is 5.55. The van der Waals surface area contributed by atoms with Crippen molar-refractivity contribution < 1.29 is 9.84 Å². The van der Waals surface area contributed by atoms with Gasteiger partial charge in [0.05, 0.1) is 19.9 Å². The van der Waals surface area contributed by atoms with Gasteiger partial charge in [-0.15, -0.1) is 5.10 Å². The van der Waals surface area contributed by atoms with Gasteiger partial charge in [0, 0.05) is 0 Å². The number of aliphatic hydroxyl groups is 1. The Bertz CT molecular complexity index is 712. The second-order valence-corrected chi connectivity index (χ2v) is 5.55. The minimum absolute atomic E-state index is 0.566. The highest BCUT2D eigenvalue weighted by atomic mass is 16.5. The largest absolute Gasteiger partial charge is 0.497 e. The van der Waals surface area contributed by atoms with E-state index < -0.39 is 5.60 Å². The van der Waals surface area contributed by atoms with Gasteiger partial charge in [0.2, 0.25) is 0 Å². The summed E-state index contributed by atoms with van der Waals surface area (Å²) in [7, 11) is 1.65. The average Bonchev–Trinajstić information content (AvgIpc) is 3.20. The number of methoxy groups -OCH3 is 1. The van der Waals surface area contributed by atoms with Crippen LogP contribution in [0, 0.1) is 0 Å². The van der Waals surface area contributed by atoms with Gasteiger partial charge in [0.15, 0.2) is 0 Å². The van der Waals surface area contributed by atoms with Gasteiger partial charge in [-0.2, -0.15) is 0 Å². The summed E-state index contributed by atoms with van der Waals surface area (Å²) in [5, 5.41) is 18.9. The molecule has 5 nitrogen and oxygen atoms in total. The van der Waals surface area contributed by atoms with E-state index in [1.807, 2.05) is 42.5 Å². The number of hydrogen-bond acceptors (Lipinski definition) is 4. The molecule has 1 atom stereocenters. The van der Waals surface area contributed by atoms with Crippen molar-refractivity contribution in [1.82, 2.24) is 15.0 Å². The molecule has 5 heteroatoms. The molecule has 0 amide bonds. The fourth-order valence-electron chi connectivity index (χ4n) is 2.49. The summed E-state index contributed by atoms with van der Waals surface area (Å²) in [6.07, 6.45) is 8.45. The Morgan fingerprint density at radius 3 is 2.73 bits per heavy atom. The molecule has 1 heterocycles. The molecule has 0 aliphatic heterocycles. The molecule has 1 aromatic carbocycles. The minimum atomic E-state index is -1.08. The third-order valence-electron chi connectivity index (χ3n) is 3.94. The van der Waals surface area contributed by atoms with Crippen molar-refractivity contribution in [2.75, 3.05) is 7.11 Å². The molecule has 1 aliphatic carbocycles. The smallest absolute Gasteiger partial charge is 0.129 e. The van der Waals surface area contributed by atoms with Crippen molar-refractivity contribution in [3.8, 4) is 5.75 Å². The Kier molecular flexibility index (Phi) is 3.81. The van der Waals surface area contributed by atoms with E-state index in [1.165, 1.54) is 0 Å². The number of allylic oxidation sites excluding steroid dienone is 3. The maximum Gasteiger partial charge on any atom is 0.129 e. The molecule has 1 aliphatic rings. The first-order valence-corrected chi connectivity index (χ1v) is 7.21. The Hall–Kier alpha value is -2.40. The lowest BCUT2D eigenvalue weighted by Crippen LogP contribution is -2.24. The molecule has 1 unspecified atom stereocenters. The lowest BCUT2D eigenvalue weighted by atomic mass is 9.92. The molecular weight excluding hydrogens is 278 g/mol. The summed E-state index contributed by atoms with van der Waals surface area (Å²) in [4.78, 5) is 0.